The molecule has 74 valence electrons. The van der Waals surface area contributed by atoms with Gasteiger partial charge in [-0.2, -0.15) is 0 Å². The lowest BCUT2D eigenvalue weighted by Crippen LogP contribution is -2.23. The van der Waals surface area contributed by atoms with Crippen molar-refractivity contribution in [3.63, 3.8) is 0 Å². The van der Waals surface area contributed by atoms with E-state index in [1.807, 2.05) is 6.92 Å². The van der Waals surface area contributed by atoms with Gasteiger partial charge in [0, 0.05) is 0 Å². The van der Waals surface area contributed by atoms with Gasteiger partial charge in [-0.3, -0.25) is 0 Å². The second kappa shape index (κ2) is 6.99. The molecule has 0 spiro atoms. The van der Waals surface area contributed by atoms with Crippen LogP contribution >= 0.6 is 23.2 Å². The molecule has 0 rings (SSSR count). The summed E-state index contributed by atoms with van der Waals surface area (Å²) >= 11 is 11.3. The summed E-state index contributed by atoms with van der Waals surface area (Å²) in [5.41, 5.74) is 0. The highest BCUT2D eigenvalue weighted by atomic mass is 35.5. The minimum atomic E-state index is -0.420. The molecule has 0 radical (unpaired) electrons. The van der Waals surface area contributed by atoms with Crippen molar-refractivity contribution in [1.82, 2.24) is 0 Å². The summed E-state index contributed by atoms with van der Waals surface area (Å²) in [5, 5.41) is 0. The number of ether oxygens (including phenoxy) is 1. The van der Waals surface area contributed by atoms with Crippen molar-refractivity contribution < 1.29 is 4.74 Å². The lowest BCUT2D eigenvalue weighted by molar-refractivity contribution is -0.00172. The predicted octanol–water partition coefficient (Wildman–Crippen LogP) is 3.77. The van der Waals surface area contributed by atoms with Gasteiger partial charge in [0.1, 0.15) is 4.84 Å². The molecule has 0 amide bonds. The summed E-state index contributed by atoms with van der Waals surface area (Å²) < 4.78 is 5.64. The summed E-state index contributed by atoms with van der Waals surface area (Å²) in [5.74, 6) is 0. The SMILES string of the molecule is CCCC(CC)OC(C)C(Cl)Cl. The first kappa shape index (κ1) is 12.5. The van der Waals surface area contributed by atoms with Crippen molar-refractivity contribution in [2.75, 3.05) is 0 Å². The molecule has 0 aliphatic heterocycles. The van der Waals surface area contributed by atoms with E-state index < -0.39 is 4.84 Å². The maximum absolute atomic E-state index is 5.67. The van der Waals surface area contributed by atoms with Gasteiger partial charge >= 0.3 is 0 Å². The van der Waals surface area contributed by atoms with Crippen LogP contribution < -0.4 is 0 Å². The minimum Gasteiger partial charge on any atom is -0.372 e. The molecule has 0 aromatic rings. The second-order valence-corrected chi connectivity index (χ2v) is 4.16. The van der Waals surface area contributed by atoms with Crippen molar-refractivity contribution in [2.24, 2.45) is 0 Å². The zero-order valence-corrected chi connectivity index (χ0v) is 9.53. The van der Waals surface area contributed by atoms with Gasteiger partial charge in [-0.05, 0) is 19.8 Å². The molecule has 0 saturated heterocycles. The van der Waals surface area contributed by atoms with E-state index in [1.54, 1.807) is 0 Å². The largest absolute Gasteiger partial charge is 0.372 e. The maximum atomic E-state index is 5.67. The van der Waals surface area contributed by atoms with Crippen LogP contribution in [0.25, 0.3) is 0 Å². The molecular weight excluding hydrogens is 195 g/mol. The van der Waals surface area contributed by atoms with Gasteiger partial charge in [-0.15, -0.1) is 23.2 Å². The molecule has 0 fully saturated rings. The Morgan fingerprint density at radius 1 is 1.25 bits per heavy atom. The molecule has 0 aromatic carbocycles. The van der Waals surface area contributed by atoms with Gasteiger partial charge in [-0.25, -0.2) is 0 Å². The van der Waals surface area contributed by atoms with Gasteiger partial charge in [0.15, 0.2) is 0 Å². The van der Waals surface area contributed by atoms with E-state index in [0.717, 1.165) is 19.3 Å². The normalized spacial score (nSPS) is 16.5. The highest BCUT2D eigenvalue weighted by molar-refractivity contribution is 6.44. The van der Waals surface area contributed by atoms with Crippen LogP contribution in [0.3, 0.4) is 0 Å². The monoisotopic (exact) mass is 212 g/mol. The minimum absolute atomic E-state index is 0.0650. The molecule has 0 bridgehead atoms. The third-order valence-electron chi connectivity index (χ3n) is 1.83. The van der Waals surface area contributed by atoms with Crippen LogP contribution in [0.5, 0.6) is 0 Å². The number of alkyl halides is 2. The van der Waals surface area contributed by atoms with Crippen LogP contribution in [-0.4, -0.2) is 17.0 Å². The third kappa shape index (κ3) is 5.23. The van der Waals surface area contributed by atoms with Crippen molar-refractivity contribution in [2.45, 2.75) is 57.1 Å². The molecule has 0 heterocycles. The Labute approximate surface area is 85.4 Å². The predicted molar refractivity (Wildman–Crippen MR) is 55.0 cm³/mol. The van der Waals surface area contributed by atoms with Gasteiger partial charge < -0.3 is 4.74 Å². The van der Waals surface area contributed by atoms with Crippen LogP contribution in [0, 0.1) is 0 Å². The summed E-state index contributed by atoms with van der Waals surface area (Å²) in [6.45, 7) is 6.17. The van der Waals surface area contributed by atoms with Gasteiger partial charge in [0.05, 0.1) is 12.2 Å². The molecule has 12 heavy (non-hydrogen) atoms. The number of hydrogen-bond acceptors (Lipinski definition) is 1. The van der Waals surface area contributed by atoms with E-state index in [1.165, 1.54) is 0 Å². The van der Waals surface area contributed by atoms with E-state index in [-0.39, 0.29) is 6.10 Å². The Balaban J connectivity index is 3.68. The molecule has 2 atom stereocenters. The highest BCUT2D eigenvalue weighted by Gasteiger charge is 2.15. The van der Waals surface area contributed by atoms with Gasteiger partial charge in [0.2, 0.25) is 0 Å². The van der Waals surface area contributed by atoms with E-state index in [4.69, 9.17) is 27.9 Å². The average Bonchev–Trinajstić information content (AvgIpc) is 2.03. The topological polar surface area (TPSA) is 9.23 Å². The molecular formula is C9H18Cl2O. The highest BCUT2D eigenvalue weighted by Crippen LogP contribution is 2.16. The summed E-state index contributed by atoms with van der Waals surface area (Å²) in [4.78, 5) is -0.420. The molecule has 0 aliphatic carbocycles. The van der Waals surface area contributed by atoms with Crippen molar-refractivity contribution in [3.8, 4) is 0 Å². The zero-order valence-electron chi connectivity index (χ0n) is 8.02. The first-order valence-electron chi connectivity index (χ1n) is 4.55. The molecule has 0 saturated carbocycles. The van der Waals surface area contributed by atoms with E-state index >= 15 is 0 Å². The first-order valence-corrected chi connectivity index (χ1v) is 5.42. The van der Waals surface area contributed by atoms with Crippen molar-refractivity contribution in [3.05, 3.63) is 0 Å². The number of hydrogen-bond donors (Lipinski definition) is 0. The Bertz CT molecular complexity index is 107. The summed E-state index contributed by atoms with van der Waals surface area (Å²) in [6, 6.07) is 0. The molecule has 2 unspecified atom stereocenters. The van der Waals surface area contributed by atoms with Crippen LogP contribution in [0.2, 0.25) is 0 Å². The van der Waals surface area contributed by atoms with Gasteiger partial charge in [0.25, 0.3) is 0 Å². The Morgan fingerprint density at radius 2 is 1.83 bits per heavy atom. The van der Waals surface area contributed by atoms with Crippen LogP contribution in [0.15, 0.2) is 0 Å². The lowest BCUT2D eigenvalue weighted by atomic mass is 10.1. The van der Waals surface area contributed by atoms with Crippen LogP contribution in [-0.2, 0) is 4.74 Å². The van der Waals surface area contributed by atoms with Crippen LogP contribution in [0.4, 0.5) is 0 Å². The average molecular weight is 213 g/mol. The molecule has 3 heteroatoms. The fourth-order valence-electron chi connectivity index (χ4n) is 1.05. The Morgan fingerprint density at radius 3 is 2.17 bits per heavy atom. The number of halogens is 2. The van der Waals surface area contributed by atoms with E-state index in [2.05, 4.69) is 13.8 Å². The Hall–Kier alpha value is 0.540. The molecule has 0 aliphatic rings. The quantitative estimate of drug-likeness (QED) is 0.610. The van der Waals surface area contributed by atoms with E-state index in [0.29, 0.717) is 6.10 Å². The van der Waals surface area contributed by atoms with Crippen LogP contribution in [0.1, 0.15) is 40.0 Å². The summed E-state index contributed by atoms with van der Waals surface area (Å²) in [7, 11) is 0. The van der Waals surface area contributed by atoms with E-state index in [9.17, 15) is 0 Å². The summed E-state index contributed by atoms with van der Waals surface area (Å²) in [6.07, 6.45) is 3.50. The second-order valence-electron chi connectivity index (χ2n) is 2.99. The molecule has 0 aromatic heterocycles. The number of rotatable bonds is 6. The van der Waals surface area contributed by atoms with Gasteiger partial charge in [-0.1, -0.05) is 20.3 Å². The maximum Gasteiger partial charge on any atom is 0.133 e. The van der Waals surface area contributed by atoms with Crippen molar-refractivity contribution >= 4 is 23.2 Å². The fraction of sp³-hybridized carbons (Fsp3) is 1.00. The fourth-order valence-corrected chi connectivity index (χ4v) is 1.17. The standard InChI is InChI=1S/C9H18Cl2O/c1-4-6-8(5-2)12-7(3)9(10)11/h7-9H,4-6H2,1-3H3. The third-order valence-corrected chi connectivity index (χ3v) is 2.54. The molecule has 1 nitrogen and oxygen atoms in total. The Kier molecular flexibility index (Phi) is 7.31. The van der Waals surface area contributed by atoms with Crippen molar-refractivity contribution in [1.29, 1.82) is 0 Å². The smallest absolute Gasteiger partial charge is 0.133 e. The zero-order chi connectivity index (χ0) is 9.56. The first-order chi connectivity index (χ1) is 5.61. The lowest BCUT2D eigenvalue weighted by Gasteiger charge is -2.21. The molecule has 0 N–H and O–H groups in total.